The number of amides is 2. The van der Waals surface area contributed by atoms with Gasteiger partial charge >= 0.3 is 0 Å². The van der Waals surface area contributed by atoms with Crippen LogP contribution in [0.2, 0.25) is 0 Å². The summed E-state index contributed by atoms with van der Waals surface area (Å²) in [6, 6.07) is 0. The molecule has 164 valence electrons. The molecule has 4 nitrogen and oxygen atoms in total. The molecule has 2 amide bonds. The van der Waals surface area contributed by atoms with Gasteiger partial charge in [0.25, 0.3) is 10.5 Å². The van der Waals surface area contributed by atoms with E-state index in [-0.39, 0.29) is 0 Å². The minimum absolute atomic E-state index is 0.639. The molecule has 2 aromatic rings. The van der Waals surface area contributed by atoms with Gasteiger partial charge in [0.05, 0.1) is 0 Å². The van der Waals surface area contributed by atoms with E-state index < -0.39 is 84.9 Å². The molecule has 0 radical (unpaired) electrons. The van der Waals surface area contributed by atoms with E-state index in [0.29, 0.717) is 0 Å². The van der Waals surface area contributed by atoms with Crippen molar-refractivity contribution in [1.29, 1.82) is 0 Å². The highest BCUT2D eigenvalue weighted by atomic mass is 32.1. The van der Waals surface area contributed by atoms with Crippen molar-refractivity contribution in [2.45, 2.75) is 0 Å². The first-order valence-electron chi connectivity index (χ1n) is 6.70. The zero-order valence-corrected chi connectivity index (χ0v) is 15.3. The average Bonchev–Trinajstić information content (AvgIpc) is 2.66. The Kier molecular flexibility index (Phi) is 8.02. The third-order valence-corrected chi connectivity index (χ3v) is 3.21. The van der Waals surface area contributed by atoms with E-state index in [1.54, 1.807) is 0 Å². The monoisotopic (exact) mass is 486 g/mol. The molecule has 0 aliphatic carbocycles. The molecule has 30 heavy (non-hydrogen) atoms. The van der Waals surface area contributed by atoms with Crippen LogP contribution in [0.1, 0.15) is 0 Å². The SMILES string of the molecule is NC(=O)S.O=C(S)N(c1c(F)c(F)c(F)c(F)c1F)c1c(F)c(F)c(F)c(F)c1F. The summed E-state index contributed by atoms with van der Waals surface area (Å²) in [5, 5.41) is -2.75. The van der Waals surface area contributed by atoms with Crippen molar-refractivity contribution < 1.29 is 53.5 Å². The zero-order chi connectivity index (χ0) is 23.7. The summed E-state index contributed by atoms with van der Waals surface area (Å²) >= 11 is 6.04. The first-order valence-corrected chi connectivity index (χ1v) is 7.60. The van der Waals surface area contributed by atoms with Crippen molar-refractivity contribution >= 4 is 47.1 Å². The fraction of sp³-hybridized carbons (Fsp3) is 0. The van der Waals surface area contributed by atoms with Gasteiger partial charge in [0.15, 0.2) is 46.5 Å². The molecule has 16 heteroatoms. The van der Waals surface area contributed by atoms with Crippen molar-refractivity contribution in [1.82, 2.24) is 0 Å². The number of thiol groups is 2. The Balaban J connectivity index is 0.00000103. The average molecular weight is 486 g/mol. The van der Waals surface area contributed by atoms with Crippen LogP contribution >= 0.6 is 25.3 Å². The first-order chi connectivity index (χ1) is 13.7. The number of anilines is 2. The third kappa shape index (κ3) is 4.58. The molecule has 2 rings (SSSR count). The summed E-state index contributed by atoms with van der Waals surface area (Å²) in [6.07, 6.45) is 0. The van der Waals surface area contributed by atoms with Gasteiger partial charge in [-0.05, 0) is 0 Å². The van der Waals surface area contributed by atoms with Crippen LogP contribution in [-0.4, -0.2) is 10.5 Å². The molecule has 0 atom stereocenters. The van der Waals surface area contributed by atoms with Gasteiger partial charge in [-0.15, -0.1) is 0 Å². The van der Waals surface area contributed by atoms with Crippen LogP contribution in [0.5, 0.6) is 0 Å². The van der Waals surface area contributed by atoms with E-state index in [4.69, 9.17) is 4.79 Å². The highest BCUT2D eigenvalue weighted by Gasteiger charge is 2.37. The second kappa shape index (κ2) is 9.46. The van der Waals surface area contributed by atoms with Crippen LogP contribution in [0.4, 0.5) is 64.9 Å². The van der Waals surface area contributed by atoms with Crippen LogP contribution in [0.25, 0.3) is 0 Å². The van der Waals surface area contributed by atoms with Gasteiger partial charge in [-0.1, -0.05) is 25.3 Å². The number of hydrogen-bond donors (Lipinski definition) is 3. The van der Waals surface area contributed by atoms with Crippen LogP contribution in [-0.2, 0) is 0 Å². The normalized spacial score (nSPS) is 10.4. The van der Waals surface area contributed by atoms with Crippen molar-refractivity contribution in [3.05, 3.63) is 58.2 Å². The highest BCUT2D eigenvalue weighted by molar-refractivity contribution is 7.97. The summed E-state index contributed by atoms with van der Waals surface area (Å²) in [6.45, 7) is 0. The van der Waals surface area contributed by atoms with E-state index in [0.717, 1.165) is 0 Å². The van der Waals surface area contributed by atoms with E-state index in [9.17, 15) is 48.7 Å². The lowest BCUT2D eigenvalue weighted by Crippen LogP contribution is -2.27. The van der Waals surface area contributed by atoms with E-state index in [1.807, 2.05) is 0 Å². The lowest BCUT2D eigenvalue weighted by Gasteiger charge is -2.23. The summed E-state index contributed by atoms with van der Waals surface area (Å²) in [7, 11) is 0. The number of rotatable bonds is 2. The van der Waals surface area contributed by atoms with Gasteiger partial charge in [0.1, 0.15) is 11.4 Å². The van der Waals surface area contributed by atoms with Crippen molar-refractivity contribution in [2.75, 3.05) is 4.90 Å². The Bertz CT molecular complexity index is 919. The molecule has 0 unspecified atom stereocenters. The number of primary amides is 1. The maximum atomic E-state index is 13.8. The number of nitrogens with two attached hydrogens (primary N) is 1. The Labute approximate surface area is 170 Å². The minimum Gasteiger partial charge on any atom is -0.361 e. The number of benzene rings is 2. The molecular formula is C14H4F10N2O2S2. The van der Waals surface area contributed by atoms with E-state index in [1.165, 1.54) is 0 Å². The molecule has 0 fully saturated rings. The number of carbonyl (C=O) groups excluding carboxylic acids is 2. The molecule has 0 spiro atoms. The van der Waals surface area contributed by atoms with E-state index >= 15 is 0 Å². The molecular weight excluding hydrogens is 482 g/mol. The first kappa shape index (κ1) is 25.4. The summed E-state index contributed by atoms with van der Waals surface area (Å²) in [5.74, 6) is -27.0. The van der Waals surface area contributed by atoms with Gasteiger partial charge in [-0.25, -0.2) is 43.9 Å². The van der Waals surface area contributed by atoms with Gasteiger partial charge in [-0.3, -0.25) is 14.5 Å². The fourth-order valence-electron chi connectivity index (χ4n) is 1.88. The maximum Gasteiger partial charge on any atom is 0.287 e. The van der Waals surface area contributed by atoms with Crippen LogP contribution < -0.4 is 10.6 Å². The summed E-state index contributed by atoms with van der Waals surface area (Å²) < 4.78 is 134. The molecule has 2 aromatic carbocycles. The van der Waals surface area contributed by atoms with E-state index in [2.05, 4.69) is 31.0 Å². The van der Waals surface area contributed by atoms with Crippen LogP contribution in [0.3, 0.4) is 0 Å². The maximum absolute atomic E-state index is 13.8. The fourth-order valence-corrected chi connectivity index (χ4v) is 2.08. The Morgan fingerprint density at radius 2 is 0.700 bits per heavy atom. The van der Waals surface area contributed by atoms with Crippen LogP contribution in [0, 0.1) is 58.2 Å². The Morgan fingerprint density at radius 3 is 0.867 bits per heavy atom. The summed E-state index contributed by atoms with van der Waals surface area (Å²) in [5.41, 5.74) is -0.238. The van der Waals surface area contributed by atoms with Crippen molar-refractivity contribution in [3.8, 4) is 0 Å². The number of hydrogen-bond acceptors (Lipinski definition) is 2. The molecule has 0 aliphatic heterocycles. The van der Waals surface area contributed by atoms with Crippen molar-refractivity contribution in [3.63, 3.8) is 0 Å². The molecule has 2 N–H and O–H groups in total. The molecule has 0 aromatic heterocycles. The molecule has 0 bridgehead atoms. The van der Waals surface area contributed by atoms with Crippen molar-refractivity contribution in [2.24, 2.45) is 5.73 Å². The second-order valence-corrected chi connectivity index (χ2v) is 5.62. The molecule has 0 heterocycles. The number of halogens is 10. The Morgan fingerprint density at radius 1 is 0.533 bits per heavy atom. The Hall–Kier alpha value is -2.62. The van der Waals surface area contributed by atoms with Gasteiger partial charge in [0.2, 0.25) is 11.6 Å². The predicted octanol–water partition coefficient (Wildman–Crippen LogP) is 5.26. The van der Waals surface area contributed by atoms with Gasteiger partial charge in [0, 0.05) is 0 Å². The zero-order valence-electron chi connectivity index (χ0n) is 13.5. The number of nitrogens with zero attached hydrogens (tertiary/aromatic N) is 1. The van der Waals surface area contributed by atoms with Gasteiger partial charge in [-0.2, -0.15) is 0 Å². The smallest absolute Gasteiger partial charge is 0.287 e. The largest absolute Gasteiger partial charge is 0.361 e. The van der Waals surface area contributed by atoms with Crippen LogP contribution in [0.15, 0.2) is 0 Å². The van der Waals surface area contributed by atoms with Gasteiger partial charge < -0.3 is 5.73 Å². The lowest BCUT2D eigenvalue weighted by molar-refractivity contribution is 0.265. The molecule has 0 saturated heterocycles. The predicted molar refractivity (Wildman–Crippen MR) is 87.6 cm³/mol. The molecule has 0 saturated carbocycles. The highest BCUT2D eigenvalue weighted by Crippen LogP contribution is 2.39. The third-order valence-electron chi connectivity index (χ3n) is 3.01. The lowest BCUT2D eigenvalue weighted by atomic mass is 10.2. The standard InChI is InChI=1S/C13HF10NOS.CH3NOS/c14-1-3(16)7(20)11(8(21)4(1)17)24(13(25)26)12-9(22)5(18)2(15)6(19)10(12)23;2-1(3)4/h(H,25,26);(H3,2,3,4). The summed E-state index contributed by atoms with van der Waals surface area (Å²) in [4.78, 5) is 19.5. The topological polar surface area (TPSA) is 63.4 Å². The quantitative estimate of drug-likeness (QED) is 0.235. The number of carbonyl (C=O) groups is 2. The minimum atomic E-state index is -2.72. The second-order valence-electron chi connectivity index (χ2n) is 4.79. The molecule has 0 aliphatic rings.